The molecule has 12 heteroatoms. The van der Waals surface area contributed by atoms with Gasteiger partial charge in [0.15, 0.2) is 0 Å². The Labute approximate surface area is 344 Å². The minimum absolute atomic E-state index is 0. The van der Waals surface area contributed by atoms with Gasteiger partial charge in [-0.3, -0.25) is 22.9 Å². The van der Waals surface area contributed by atoms with E-state index in [1.165, 1.54) is 48.5 Å². The first kappa shape index (κ1) is 39.2. The number of para-hydroxylation sites is 4. The molecule has 10 rings (SSSR count). The first-order chi connectivity index (χ1) is 27.9. The van der Waals surface area contributed by atoms with Gasteiger partial charge in [0.1, 0.15) is 11.6 Å². The van der Waals surface area contributed by atoms with Gasteiger partial charge >= 0.3 is 0 Å². The van der Waals surface area contributed by atoms with Gasteiger partial charge < -0.3 is 19.3 Å². The molecule has 58 heavy (non-hydrogen) atoms. The zero-order chi connectivity index (χ0) is 39.1. The van der Waals surface area contributed by atoms with Crippen molar-refractivity contribution in [3.63, 3.8) is 0 Å². The Bertz CT molecular complexity index is 2540. The van der Waals surface area contributed by atoms with E-state index in [9.17, 15) is 17.6 Å². The van der Waals surface area contributed by atoms with Gasteiger partial charge in [-0.1, -0.05) is 66.4 Å². The number of rotatable bonds is 5. The Morgan fingerprint density at radius 3 is 1.36 bits per heavy atom. The summed E-state index contributed by atoms with van der Waals surface area (Å²) in [7, 11) is 0. The Balaban J connectivity index is 0.000000139. The minimum atomic E-state index is -0.336. The Kier molecular flexibility index (Phi) is 12.1. The number of hydrogen-bond donors (Lipinski definition) is 0. The van der Waals surface area contributed by atoms with Crippen molar-refractivity contribution in [2.75, 3.05) is 0 Å². The molecule has 0 amide bonds. The van der Waals surface area contributed by atoms with Crippen LogP contribution in [0.3, 0.4) is 0 Å². The minimum Gasteiger partial charge on any atom is -0.574 e. The molecule has 287 valence electrons. The molecule has 0 bridgehead atoms. The summed E-state index contributed by atoms with van der Waals surface area (Å²) in [5, 5.41) is 7.58. The monoisotopic (exact) mass is 947 g/mol. The van der Waals surface area contributed by atoms with Gasteiger partial charge in [-0.25, -0.2) is 8.78 Å². The summed E-state index contributed by atoms with van der Waals surface area (Å²) in [4.78, 5) is 4.12. The van der Waals surface area contributed by atoms with Crippen molar-refractivity contribution in [3.05, 3.63) is 218 Å². The van der Waals surface area contributed by atoms with E-state index in [-0.39, 0.29) is 43.4 Å². The number of hydrogen-bond acceptors (Lipinski definition) is 2. The Hall–Kier alpha value is -7.01. The van der Waals surface area contributed by atoms with E-state index in [1.807, 2.05) is 81.9 Å². The molecule has 0 aliphatic carbocycles. The number of pyridine rings is 1. The summed E-state index contributed by atoms with van der Waals surface area (Å²) in [6.07, 6.45) is 9.83. The number of imidazole rings is 2. The molecule has 0 aliphatic heterocycles. The SMILES string of the molecule is Fc1c[c-]c(-n2[c-][n+](-c3ccc(F)cc3)c3ccccc32)cc1.Fc1c[c-]c(-n2[c-][n+](-c3ccc(F)cc3)c3ccccc32)cc1.[Ir].c1ccc(-c2ccn[n-]2)nc1. The average molecular weight is 947 g/mol. The molecule has 0 saturated heterocycles. The summed E-state index contributed by atoms with van der Waals surface area (Å²) in [5.41, 5.74) is 8.28. The summed E-state index contributed by atoms with van der Waals surface area (Å²) < 4.78 is 59.9. The van der Waals surface area contributed by atoms with Crippen LogP contribution < -0.4 is 14.2 Å². The van der Waals surface area contributed by atoms with Crippen LogP contribution in [-0.2, 0) is 20.1 Å². The third-order valence-corrected chi connectivity index (χ3v) is 8.69. The molecule has 0 N–H and O–H groups in total. The van der Waals surface area contributed by atoms with E-state index in [0.717, 1.165) is 44.8 Å². The Morgan fingerprint density at radius 1 is 0.483 bits per heavy atom. The molecule has 1 radical (unpaired) electrons. The normalized spacial score (nSPS) is 10.6. The van der Waals surface area contributed by atoms with Gasteiger partial charge in [-0.15, -0.1) is 24.3 Å². The van der Waals surface area contributed by atoms with Crippen LogP contribution in [0, 0.1) is 48.1 Å². The van der Waals surface area contributed by atoms with E-state index in [1.54, 1.807) is 57.9 Å². The van der Waals surface area contributed by atoms with Gasteiger partial charge in [0, 0.05) is 49.8 Å². The standard InChI is InChI=1S/2C19H11F2N2.C8H6N3.Ir/c2*20-14-5-9-16(10-6-14)22-13-23(17-11-7-15(21)8-12-17)19-4-2-1-3-18(19)22;1-2-5-9-7(3-1)8-4-6-10-11-8;/h2*1-11H;1-6H;/q3*-1;. The molecule has 7 nitrogen and oxygen atoms in total. The molecule has 4 heterocycles. The van der Waals surface area contributed by atoms with Gasteiger partial charge in [-0.2, -0.15) is 24.3 Å². The summed E-state index contributed by atoms with van der Waals surface area (Å²) in [6.45, 7) is 0. The van der Waals surface area contributed by atoms with Crippen LogP contribution in [0.25, 0.3) is 56.2 Å². The third-order valence-electron chi connectivity index (χ3n) is 8.69. The van der Waals surface area contributed by atoms with E-state index >= 15 is 0 Å². The largest absolute Gasteiger partial charge is 0.574 e. The molecule has 0 atom stereocenters. The number of halogens is 4. The second kappa shape index (κ2) is 17.8. The molecule has 4 aromatic heterocycles. The fourth-order valence-corrected chi connectivity index (χ4v) is 6.00. The van der Waals surface area contributed by atoms with Crippen molar-refractivity contribution in [3.8, 4) is 34.1 Å². The first-order valence-electron chi connectivity index (χ1n) is 17.5. The molecule has 0 fully saturated rings. The first-order valence-corrected chi connectivity index (χ1v) is 17.5. The number of fused-ring (bicyclic) bond motifs is 2. The maximum atomic E-state index is 13.2. The zero-order valence-corrected chi connectivity index (χ0v) is 32.5. The number of aromatic nitrogens is 7. The maximum Gasteiger partial charge on any atom is 0.268 e. The third kappa shape index (κ3) is 8.68. The van der Waals surface area contributed by atoms with Crippen LogP contribution in [0.2, 0.25) is 0 Å². The fraction of sp³-hybridized carbons (Fsp3) is 0. The predicted octanol–water partition coefficient (Wildman–Crippen LogP) is 8.67. The molecular formula is C46H28F4IrN7-3. The average Bonchev–Trinajstić information content (AvgIpc) is 4.02. The van der Waals surface area contributed by atoms with Gasteiger partial charge in [0.05, 0.1) is 33.4 Å². The van der Waals surface area contributed by atoms with Crippen LogP contribution in [0.15, 0.2) is 170 Å². The van der Waals surface area contributed by atoms with E-state index in [0.29, 0.717) is 11.4 Å². The molecule has 10 aromatic rings. The zero-order valence-electron chi connectivity index (χ0n) is 30.1. The molecule has 0 unspecified atom stereocenters. The van der Waals surface area contributed by atoms with Gasteiger partial charge in [0.25, 0.3) is 12.7 Å². The van der Waals surface area contributed by atoms with Crippen LogP contribution >= 0.6 is 0 Å². The Morgan fingerprint density at radius 2 is 0.948 bits per heavy atom. The molecule has 0 saturated carbocycles. The van der Waals surface area contributed by atoms with Crippen molar-refractivity contribution < 1.29 is 46.8 Å². The number of benzene rings is 6. The maximum absolute atomic E-state index is 13.2. The summed E-state index contributed by atoms with van der Waals surface area (Å²) in [5.74, 6) is -1.25. The summed E-state index contributed by atoms with van der Waals surface area (Å²) >= 11 is 0. The van der Waals surface area contributed by atoms with Crippen LogP contribution in [0.1, 0.15) is 0 Å². The van der Waals surface area contributed by atoms with Gasteiger partial charge in [-0.05, 0) is 72.0 Å². The van der Waals surface area contributed by atoms with E-state index in [4.69, 9.17) is 0 Å². The predicted molar refractivity (Wildman–Crippen MR) is 206 cm³/mol. The quantitative estimate of drug-likeness (QED) is 0.0987. The second-order valence-corrected chi connectivity index (χ2v) is 12.4. The summed E-state index contributed by atoms with van der Waals surface area (Å²) in [6, 6.07) is 49.9. The molecule has 6 aromatic carbocycles. The van der Waals surface area contributed by atoms with Crippen molar-refractivity contribution in [1.29, 1.82) is 0 Å². The topological polar surface area (TPSA) is 57.5 Å². The van der Waals surface area contributed by atoms with E-state index < -0.39 is 0 Å². The number of nitrogens with zero attached hydrogens (tertiary/aromatic N) is 7. The van der Waals surface area contributed by atoms with Crippen molar-refractivity contribution in [1.82, 2.24) is 24.3 Å². The van der Waals surface area contributed by atoms with Gasteiger partial charge in [0.2, 0.25) is 0 Å². The van der Waals surface area contributed by atoms with E-state index in [2.05, 4.69) is 40.0 Å². The van der Waals surface area contributed by atoms with Crippen molar-refractivity contribution >= 4 is 22.1 Å². The fourth-order valence-electron chi connectivity index (χ4n) is 6.00. The molecule has 0 spiro atoms. The molecule has 0 aliphatic rings. The van der Waals surface area contributed by atoms with Crippen molar-refractivity contribution in [2.24, 2.45) is 0 Å². The van der Waals surface area contributed by atoms with Crippen molar-refractivity contribution in [2.45, 2.75) is 0 Å². The second-order valence-electron chi connectivity index (χ2n) is 12.4. The van der Waals surface area contributed by atoms with Crippen LogP contribution in [0.5, 0.6) is 0 Å². The van der Waals surface area contributed by atoms with Crippen LogP contribution in [-0.4, -0.2) is 19.2 Å². The molecular weight excluding hydrogens is 919 g/mol. The smallest absolute Gasteiger partial charge is 0.268 e. The van der Waals surface area contributed by atoms with Crippen LogP contribution in [0.4, 0.5) is 17.6 Å².